The van der Waals surface area contributed by atoms with E-state index in [9.17, 15) is 19.5 Å². The minimum Gasteiger partial charge on any atom is -0.477 e. The van der Waals surface area contributed by atoms with Crippen molar-refractivity contribution in [3.63, 3.8) is 0 Å². The molecule has 0 radical (unpaired) electrons. The Balaban J connectivity index is 1.76. The van der Waals surface area contributed by atoms with Gasteiger partial charge in [-0.2, -0.15) is 0 Å². The molecule has 0 bridgehead atoms. The van der Waals surface area contributed by atoms with E-state index in [0.29, 0.717) is 31.6 Å². The topological polar surface area (TPSA) is 95.7 Å². The minimum absolute atomic E-state index is 0.0539. The van der Waals surface area contributed by atoms with Gasteiger partial charge in [-0.25, -0.2) is 4.79 Å². The standard InChI is InChI=1S/C23H28N4O4/c1-16(28)26-11-7-19-18(13-26)14-27(22(29)21(19)23(30)31)15-20(17-6-5-8-24-12-17)25-9-3-2-4-10-25/h5-6,8,12,14,20H,2-4,7,9-11,13,15H2,1H3,(H,30,31). The highest BCUT2D eigenvalue weighted by atomic mass is 16.4. The highest BCUT2D eigenvalue weighted by Gasteiger charge is 2.29. The number of aromatic nitrogens is 2. The van der Waals surface area contributed by atoms with Crippen molar-refractivity contribution >= 4 is 11.9 Å². The van der Waals surface area contributed by atoms with Crippen molar-refractivity contribution in [2.24, 2.45) is 0 Å². The maximum Gasteiger partial charge on any atom is 0.341 e. The third-order valence-corrected chi connectivity index (χ3v) is 6.40. The van der Waals surface area contributed by atoms with Crippen LogP contribution in [0.25, 0.3) is 0 Å². The fourth-order valence-electron chi connectivity index (χ4n) is 4.76. The molecule has 4 rings (SSSR count). The van der Waals surface area contributed by atoms with Gasteiger partial charge >= 0.3 is 5.97 Å². The van der Waals surface area contributed by atoms with Crippen LogP contribution in [-0.4, -0.2) is 56.0 Å². The van der Waals surface area contributed by atoms with Crippen molar-refractivity contribution in [2.75, 3.05) is 19.6 Å². The highest BCUT2D eigenvalue weighted by Crippen LogP contribution is 2.27. The number of nitrogens with zero attached hydrogens (tertiary/aromatic N) is 4. The smallest absolute Gasteiger partial charge is 0.341 e. The fraction of sp³-hybridized carbons (Fsp3) is 0.478. The SMILES string of the molecule is CC(=O)N1CCc2c(cn(CC(c3cccnc3)N3CCCCC3)c(=O)c2C(=O)O)C1. The molecule has 1 saturated heterocycles. The molecule has 2 aliphatic heterocycles. The molecule has 2 aromatic rings. The molecule has 1 unspecified atom stereocenters. The average molecular weight is 425 g/mol. The summed E-state index contributed by atoms with van der Waals surface area (Å²) in [5.74, 6) is -1.26. The lowest BCUT2D eigenvalue weighted by Gasteiger charge is -2.35. The number of hydrogen-bond donors (Lipinski definition) is 1. The van der Waals surface area contributed by atoms with Crippen molar-refractivity contribution < 1.29 is 14.7 Å². The van der Waals surface area contributed by atoms with Crippen LogP contribution in [0.3, 0.4) is 0 Å². The van der Waals surface area contributed by atoms with Crippen LogP contribution >= 0.6 is 0 Å². The molecule has 0 spiro atoms. The molecule has 0 saturated carbocycles. The van der Waals surface area contributed by atoms with E-state index >= 15 is 0 Å². The zero-order valence-corrected chi connectivity index (χ0v) is 17.8. The number of carboxylic acids is 1. The first-order valence-corrected chi connectivity index (χ1v) is 10.8. The molecule has 8 nitrogen and oxygen atoms in total. The van der Waals surface area contributed by atoms with Crippen LogP contribution in [0, 0.1) is 0 Å². The monoisotopic (exact) mass is 424 g/mol. The Hall–Kier alpha value is -3.00. The summed E-state index contributed by atoms with van der Waals surface area (Å²) in [6, 6.07) is 3.82. The van der Waals surface area contributed by atoms with E-state index in [0.717, 1.165) is 37.1 Å². The van der Waals surface area contributed by atoms with E-state index in [1.807, 2.05) is 18.3 Å². The first-order chi connectivity index (χ1) is 15.0. The van der Waals surface area contributed by atoms with Gasteiger partial charge in [-0.05, 0) is 55.1 Å². The van der Waals surface area contributed by atoms with Crippen LogP contribution in [-0.2, 0) is 24.3 Å². The molecule has 1 atom stereocenters. The molecule has 2 aromatic heterocycles. The fourth-order valence-corrected chi connectivity index (χ4v) is 4.76. The van der Waals surface area contributed by atoms with Crippen molar-refractivity contribution in [2.45, 2.75) is 51.7 Å². The predicted octanol–water partition coefficient (Wildman–Crippen LogP) is 2.07. The Labute approximate surface area is 181 Å². The largest absolute Gasteiger partial charge is 0.477 e. The lowest BCUT2D eigenvalue weighted by Crippen LogP contribution is -2.41. The Bertz CT molecular complexity index is 1030. The van der Waals surface area contributed by atoms with E-state index in [2.05, 4.69) is 9.88 Å². The summed E-state index contributed by atoms with van der Waals surface area (Å²) in [7, 11) is 0. The van der Waals surface area contributed by atoms with Gasteiger partial charge in [0.1, 0.15) is 5.56 Å². The summed E-state index contributed by atoms with van der Waals surface area (Å²) >= 11 is 0. The molecular formula is C23H28N4O4. The maximum atomic E-state index is 13.2. The second-order valence-corrected chi connectivity index (χ2v) is 8.36. The quantitative estimate of drug-likeness (QED) is 0.790. The summed E-state index contributed by atoms with van der Waals surface area (Å²) in [5, 5.41) is 9.81. The minimum atomic E-state index is -1.21. The third kappa shape index (κ3) is 4.39. The number of amides is 1. The van der Waals surface area contributed by atoms with Crippen molar-refractivity contribution in [3.8, 4) is 0 Å². The number of carbonyl (C=O) groups excluding carboxylic acids is 1. The molecule has 0 aliphatic carbocycles. The van der Waals surface area contributed by atoms with E-state index in [1.54, 1.807) is 17.3 Å². The van der Waals surface area contributed by atoms with Gasteiger partial charge in [0.05, 0.1) is 6.04 Å². The molecule has 1 N–H and O–H groups in total. The Morgan fingerprint density at radius 1 is 1.19 bits per heavy atom. The van der Waals surface area contributed by atoms with Gasteiger partial charge in [0.2, 0.25) is 5.91 Å². The van der Waals surface area contributed by atoms with Crippen molar-refractivity contribution in [1.82, 2.24) is 19.4 Å². The van der Waals surface area contributed by atoms with Crippen molar-refractivity contribution in [1.29, 1.82) is 0 Å². The van der Waals surface area contributed by atoms with Gasteiger partial charge in [0.25, 0.3) is 5.56 Å². The number of rotatable bonds is 5. The normalized spacial score (nSPS) is 17.8. The van der Waals surface area contributed by atoms with Crippen LogP contribution < -0.4 is 5.56 Å². The third-order valence-electron chi connectivity index (χ3n) is 6.40. The van der Waals surface area contributed by atoms with E-state index < -0.39 is 11.5 Å². The molecule has 1 fully saturated rings. The molecule has 164 valence electrons. The summed E-state index contributed by atoms with van der Waals surface area (Å²) in [5.41, 5.74) is 1.66. The number of carboxylic acid groups (broad SMARTS) is 1. The lowest BCUT2D eigenvalue weighted by molar-refractivity contribution is -0.129. The first kappa shape index (κ1) is 21.2. The van der Waals surface area contributed by atoms with Crippen LogP contribution in [0.1, 0.15) is 59.3 Å². The van der Waals surface area contributed by atoms with Gasteiger partial charge in [-0.3, -0.25) is 19.5 Å². The summed E-state index contributed by atoms with van der Waals surface area (Å²) in [6.07, 6.45) is 9.07. The van der Waals surface area contributed by atoms with Gasteiger partial charge in [0, 0.05) is 45.1 Å². The summed E-state index contributed by atoms with van der Waals surface area (Å²) in [4.78, 5) is 45.4. The maximum absolute atomic E-state index is 13.2. The number of aromatic carboxylic acids is 1. The predicted molar refractivity (Wildman–Crippen MR) is 115 cm³/mol. The van der Waals surface area contributed by atoms with Crippen LogP contribution in [0.15, 0.2) is 35.5 Å². The zero-order chi connectivity index (χ0) is 22.0. The van der Waals surface area contributed by atoms with Gasteiger partial charge < -0.3 is 14.6 Å². The summed E-state index contributed by atoms with van der Waals surface area (Å²) < 4.78 is 1.53. The van der Waals surface area contributed by atoms with Crippen LogP contribution in [0.2, 0.25) is 0 Å². The number of hydrogen-bond acceptors (Lipinski definition) is 5. The molecular weight excluding hydrogens is 396 g/mol. The van der Waals surface area contributed by atoms with Gasteiger partial charge in [-0.15, -0.1) is 0 Å². The molecule has 8 heteroatoms. The lowest BCUT2D eigenvalue weighted by atomic mass is 9.96. The second kappa shape index (κ2) is 9.01. The van der Waals surface area contributed by atoms with Crippen LogP contribution in [0.5, 0.6) is 0 Å². The van der Waals surface area contributed by atoms with Gasteiger partial charge in [-0.1, -0.05) is 12.5 Å². The van der Waals surface area contributed by atoms with E-state index in [4.69, 9.17) is 0 Å². The average Bonchev–Trinajstić information content (AvgIpc) is 2.78. The summed E-state index contributed by atoms with van der Waals surface area (Å²) in [6.45, 7) is 4.48. The second-order valence-electron chi connectivity index (χ2n) is 8.36. The Morgan fingerprint density at radius 2 is 1.97 bits per heavy atom. The number of pyridine rings is 2. The number of carbonyl (C=O) groups is 2. The van der Waals surface area contributed by atoms with Crippen molar-refractivity contribution in [3.05, 3.63) is 63.3 Å². The van der Waals surface area contributed by atoms with Crippen LogP contribution in [0.4, 0.5) is 0 Å². The van der Waals surface area contributed by atoms with E-state index in [1.165, 1.54) is 17.9 Å². The molecule has 31 heavy (non-hydrogen) atoms. The van der Waals surface area contributed by atoms with Gasteiger partial charge in [0.15, 0.2) is 0 Å². The molecule has 2 aliphatic rings. The first-order valence-electron chi connectivity index (χ1n) is 10.8. The number of piperidine rings is 1. The number of fused-ring (bicyclic) bond motifs is 1. The zero-order valence-electron chi connectivity index (χ0n) is 17.8. The Kier molecular flexibility index (Phi) is 6.18. The number of likely N-dealkylation sites (tertiary alicyclic amines) is 1. The highest BCUT2D eigenvalue weighted by molar-refractivity contribution is 5.89. The molecule has 4 heterocycles. The van der Waals surface area contributed by atoms with E-state index in [-0.39, 0.29) is 17.5 Å². The Morgan fingerprint density at radius 3 is 2.61 bits per heavy atom. The molecule has 0 aromatic carbocycles. The molecule has 1 amide bonds.